The number of nitrogens with zero attached hydrogens (tertiary/aromatic N) is 3. The molecule has 3 rings (SSSR count). The van der Waals surface area contributed by atoms with Gasteiger partial charge in [-0.25, -0.2) is 0 Å². The van der Waals surface area contributed by atoms with E-state index in [1.54, 1.807) is 0 Å². The van der Waals surface area contributed by atoms with Crippen LogP contribution in [0.3, 0.4) is 0 Å². The molecule has 156 valence electrons. The Morgan fingerprint density at radius 1 is 1.07 bits per heavy atom. The third-order valence-corrected chi connectivity index (χ3v) is 6.31. The van der Waals surface area contributed by atoms with E-state index in [-0.39, 0.29) is 5.91 Å². The van der Waals surface area contributed by atoms with Crippen LogP contribution in [-0.2, 0) is 0 Å². The van der Waals surface area contributed by atoms with Crippen LogP contribution in [0.25, 0.3) is 0 Å². The van der Waals surface area contributed by atoms with Crippen LogP contribution in [0.1, 0.15) is 56.3 Å². The fraction of sp³-hybridized carbons (Fsp3) is 0.696. The third-order valence-electron chi connectivity index (χ3n) is 6.31. The van der Waals surface area contributed by atoms with Gasteiger partial charge < -0.3 is 20.0 Å². The topological polar surface area (TPSA) is 38.8 Å². The molecule has 1 aromatic rings. The average molecular weight is 387 g/mol. The Balaban J connectivity index is 1.47. The summed E-state index contributed by atoms with van der Waals surface area (Å²) in [6.45, 7) is 13.1. The van der Waals surface area contributed by atoms with Crippen LogP contribution >= 0.6 is 0 Å². The van der Waals surface area contributed by atoms with Crippen LogP contribution in [0.5, 0.6) is 0 Å². The molecule has 0 saturated carbocycles. The molecule has 28 heavy (non-hydrogen) atoms. The van der Waals surface area contributed by atoms with Crippen LogP contribution in [0.4, 0.5) is 5.69 Å². The van der Waals surface area contributed by atoms with Crippen molar-refractivity contribution in [2.24, 2.45) is 0 Å². The fourth-order valence-electron chi connectivity index (χ4n) is 4.53. The lowest BCUT2D eigenvalue weighted by Gasteiger charge is -2.28. The van der Waals surface area contributed by atoms with Crippen molar-refractivity contribution in [2.75, 3.05) is 57.7 Å². The predicted molar refractivity (Wildman–Crippen MR) is 117 cm³/mol. The number of hydrogen-bond acceptors (Lipinski definition) is 4. The van der Waals surface area contributed by atoms with Gasteiger partial charge in [0.25, 0.3) is 5.91 Å². The molecule has 5 nitrogen and oxygen atoms in total. The molecule has 2 aliphatic rings. The molecule has 2 saturated heterocycles. The lowest BCUT2D eigenvalue weighted by atomic mass is 10.1. The highest BCUT2D eigenvalue weighted by Gasteiger charge is 2.31. The summed E-state index contributed by atoms with van der Waals surface area (Å²) in [5.74, 6) is 0.204. The van der Waals surface area contributed by atoms with Crippen molar-refractivity contribution in [1.29, 1.82) is 0 Å². The lowest BCUT2D eigenvalue weighted by Crippen LogP contribution is -2.42. The zero-order chi connectivity index (χ0) is 19.8. The van der Waals surface area contributed by atoms with E-state index >= 15 is 0 Å². The molecule has 2 fully saturated rings. The number of likely N-dealkylation sites (tertiary alicyclic amines) is 2. The number of benzene rings is 1. The maximum Gasteiger partial charge on any atom is 0.254 e. The van der Waals surface area contributed by atoms with Gasteiger partial charge in [0.15, 0.2) is 0 Å². The van der Waals surface area contributed by atoms with Crippen molar-refractivity contribution in [1.82, 2.24) is 14.7 Å². The van der Waals surface area contributed by atoms with Crippen molar-refractivity contribution in [3.63, 3.8) is 0 Å². The first-order chi connectivity index (χ1) is 13.7. The first kappa shape index (κ1) is 21.1. The Morgan fingerprint density at radius 2 is 1.79 bits per heavy atom. The van der Waals surface area contributed by atoms with Gasteiger partial charge in [0.1, 0.15) is 0 Å². The summed E-state index contributed by atoms with van der Waals surface area (Å²) in [6.07, 6.45) is 6.03. The smallest absolute Gasteiger partial charge is 0.254 e. The van der Waals surface area contributed by atoms with Crippen LogP contribution < -0.4 is 5.32 Å². The van der Waals surface area contributed by atoms with E-state index in [4.69, 9.17) is 0 Å². The molecular formula is C23H38N4O. The van der Waals surface area contributed by atoms with E-state index in [0.29, 0.717) is 6.04 Å². The molecule has 0 aromatic heterocycles. The van der Waals surface area contributed by atoms with Gasteiger partial charge in [-0.2, -0.15) is 0 Å². The minimum absolute atomic E-state index is 0.204. The number of carbonyl (C=O) groups excluding carboxylic acids is 1. The van der Waals surface area contributed by atoms with Crippen LogP contribution in [-0.4, -0.2) is 79.0 Å². The summed E-state index contributed by atoms with van der Waals surface area (Å²) in [7, 11) is 0. The summed E-state index contributed by atoms with van der Waals surface area (Å²) in [6, 6.07) is 8.47. The van der Waals surface area contributed by atoms with Gasteiger partial charge in [0.05, 0.1) is 0 Å². The summed E-state index contributed by atoms with van der Waals surface area (Å²) >= 11 is 0. The normalized spacial score (nSPS) is 20.2. The second-order valence-corrected chi connectivity index (χ2v) is 8.19. The van der Waals surface area contributed by atoms with Gasteiger partial charge in [0.2, 0.25) is 0 Å². The number of anilines is 1. The summed E-state index contributed by atoms with van der Waals surface area (Å²) in [5.41, 5.74) is 1.92. The zero-order valence-corrected chi connectivity index (χ0v) is 17.8. The predicted octanol–water partition coefficient (Wildman–Crippen LogP) is 3.53. The van der Waals surface area contributed by atoms with E-state index in [2.05, 4.69) is 46.0 Å². The van der Waals surface area contributed by atoms with E-state index in [1.807, 2.05) is 12.1 Å². The molecule has 1 atom stereocenters. The standard InChI is InChI=1S/C23H38N4O/c1-3-25(4-2)17-8-14-24-21-12-10-20(11-13-21)23(28)27-18-7-9-22(27)19-26-15-5-6-16-26/h10-13,22,24H,3-9,14-19H2,1-2H3/t22-/m0/s1. The van der Waals surface area contributed by atoms with E-state index < -0.39 is 0 Å². The van der Waals surface area contributed by atoms with Crippen LogP contribution in [0.2, 0.25) is 0 Å². The van der Waals surface area contributed by atoms with Gasteiger partial charge in [-0.1, -0.05) is 13.8 Å². The van der Waals surface area contributed by atoms with Crippen molar-refractivity contribution < 1.29 is 4.79 Å². The van der Waals surface area contributed by atoms with Gasteiger partial charge in [-0.3, -0.25) is 4.79 Å². The van der Waals surface area contributed by atoms with E-state index in [1.165, 1.54) is 25.9 Å². The monoisotopic (exact) mass is 386 g/mol. The van der Waals surface area contributed by atoms with E-state index in [9.17, 15) is 4.79 Å². The molecule has 0 aliphatic carbocycles. The summed E-state index contributed by atoms with van der Waals surface area (Å²) in [5, 5.41) is 3.48. The Hall–Kier alpha value is -1.59. The van der Waals surface area contributed by atoms with Crippen molar-refractivity contribution >= 4 is 11.6 Å². The Bertz CT molecular complexity index is 593. The minimum Gasteiger partial charge on any atom is -0.385 e. The van der Waals surface area contributed by atoms with Gasteiger partial charge in [-0.15, -0.1) is 0 Å². The summed E-state index contributed by atoms with van der Waals surface area (Å²) < 4.78 is 0. The minimum atomic E-state index is 0.204. The maximum atomic E-state index is 13.0. The zero-order valence-electron chi connectivity index (χ0n) is 17.8. The largest absolute Gasteiger partial charge is 0.385 e. The van der Waals surface area contributed by atoms with Gasteiger partial charge >= 0.3 is 0 Å². The Kier molecular flexibility index (Phi) is 8.16. The molecule has 1 amide bonds. The second-order valence-electron chi connectivity index (χ2n) is 8.19. The fourth-order valence-corrected chi connectivity index (χ4v) is 4.53. The van der Waals surface area contributed by atoms with Gasteiger partial charge in [0, 0.05) is 36.9 Å². The Morgan fingerprint density at radius 3 is 2.46 bits per heavy atom. The third kappa shape index (κ3) is 5.71. The highest BCUT2D eigenvalue weighted by Crippen LogP contribution is 2.23. The maximum absolute atomic E-state index is 13.0. The number of carbonyl (C=O) groups is 1. The van der Waals surface area contributed by atoms with Crippen molar-refractivity contribution in [2.45, 2.75) is 52.0 Å². The first-order valence-electron chi connectivity index (χ1n) is 11.3. The molecule has 0 bridgehead atoms. The van der Waals surface area contributed by atoms with E-state index in [0.717, 1.165) is 69.8 Å². The first-order valence-corrected chi connectivity index (χ1v) is 11.3. The molecule has 0 radical (unpaired) electrons. The van der Waals surface area contributed by atoms with Crippen molar-refractivity contribution in [3.8, 4) is 0 Å². The number of rotatable bonds is 10. The second kappa shape index (κ2) is 10.8. The molecule has 5 heteroatoms. The summed E-state index contributed by atoms with van der Waals surface area (Å²) in [4.78, 5) is 20.1. The molecular weight excluding hydrogens is 348 g/mol. The van der Waals surface area contributed by atoms with Crippen molar-refractivity contribution in [3.05, 3.63) is 29.8 Å². The molecule has 1 aromatic carbocycles. The highest BCUT2D eigenvalue weighted by atomic mass is 16.2. The molecule has 1 N–H and O–H groups in total. The number of hydrogen-bond donors (Lipinski definition) is 1. The van der Waals surface area contributed by atoms with Crippen LogP contribution in [0, 0.1) is 0 Å². The highest BCUT2D eigenvalue weighted by molar-refractivity contribution is 5.95. The average Bonchev–Trinajstić information content (AvgIpc) is 3.40. The Labute approximate surface area is 171 Å². The van der Waals surface area contributed by atoms with Gasteiger partial charge in [-0.05, 0) is 89.1 Å². The lowest BCUT2D eigenvalue weighted by molar-refractivity contribution is 0.0709. The SMILES string of the molecule is CCN(CC)CCCNc1ccc(C(=O)N2CCC[C@H]2CN2CCCC2)cc1. The molecule has 0 unspecified atom stereocenters. The number of nitrogens with one attached hydrogen (secondary N) is 1. The quantitative estimate of drug-likeness (QED) is 0.625. The molecule has 2 heterocycles. The molecule has 2 aliphatic heterocycles. The van der Waals surface area contributed by atoms with Crippen LogP contribution in [0.15, 0.2) is 24.3 Å². The molecule has 0 spiro atoms. The number of amides is 1.